The highest BCUT2D eigenvalue weighted by Crippen LogP contribution is 2.33. The Kier molecular flexibility index (Phi) is 4.99. The van der Waals surface area contributed by atoms with Crippen molar-refractivity contribution in [1.82, 2.24) is 15.1 Å². The van der Waals surface area contributed by atoms with Gasteiger partial charge >= 0.3 is 6.03 Å². The first-order valence-corrected chi connectivity index (χ1v) is 8.94. The second-order valence-electron chi connectivity index (χ2n) is 7.34. The van der Waals surface area contributed by atoms with Gasteiger partial charge in [-0.25, -0.2) is 4.79 Å². The topological polar surface area (TPSA) is 61.9 Å². The van der Waals surface area contributed by atoms with Crippen LogP contribution in [0.5, 0.6) is 5.75 Å². The lowest BCUT2D eigenvalue weighted by Crippen LogP contribution is -2.40. The second kappa shape index (κ2) is 7.04. The molecule has 2 aliphatic heterocycles. The van der Waals surface area contributed by atoms with Gasteiger partial charge in [-0.1, -0.05) is 12.1 Å². The van der Waals surface area contributed by atoms with Crippen LogP contribution in [0, 0.1) is 0 Å². The molecule has 0 unspecified atom stereocenters. The van der Waals surface area contributed by atoms with Crippen molar-refractivity contribution in [3.8, 4) is 5.75 Å². The maximum absolute atomic E-state index is 12.2. The molecule has 2 heterocycles. The Bertz CT molecular complexity index is 659. The molecule has 25 heavy (non-hydrogen) atoms. The van der Waals surface area contributed by atoms with E-state index in [2.05, 4.69) is 22.3 Å². The number of ether oxygens (including phenoxy) is 1. The molecule has 0 spiro atoms. The van der Waals surface area contributed by atoms with Crippen LogP contribution in [0.4, 0.5) is 4.79 Å². The smallest absolute Gasteiger partial charge is 0.325 e. The first kappa shape index (κ1) is 17.7. The Hall–Kier alpha value is -2.08. The summed E-state index contributed by atoms with van der Waals surface area (Å²) in [4.78, 5) is 28.0. The largest absolute Gasteiger partial charge is 0.497 e. The third kappa shape index (κ3) is 3.63. The van der Waals surface area contributed by atoms with E-state index in [1.54, 1.807) is 21.0 Å². The molecule has 0 radical (unpaired) electrons. The number of methoxy groups -OCH3 is 1. The minimum Gasteiger partial charge on any atom is -0.497 e. The number of hydrogen-bond donors (Lipinski definition) is 1. The van der Waals surface area contributed by atoms with E-state index < -0.39 is 5.54 Å². The van der Waals surface area contributed by atoms with Crippen LogP contribution in [0.3, 0.4) is 0 Å². The first-order valence-electron chi connectivity index (χ1n) is 8.94. The molecule has 136 valence electrons. The predicted octanol–water partition coefficient (Wildman–Crippen LogP) is 2.55. The molecule has 3 rings (SSSR count). The van der Waals surface area contributed by atoms with Crippen LogP contribution in [0.2, 0.25) is 0 Å². The molecule has 1 atom stereocenters. The fraction of sp³-hybridized carbons (Fsp3) is 0.579. The minimum absolute atomic E-state index is 0.136. The number of nitrogens with zero attached hydrogens (tertiary/aromatic N) is 2. The number of carbonyl (C=O) groups excluding carboxylic acids is 2. The molecule has 6 heteroatoms. The fourth-order valence-corrected chi connectivity index (χ4v) is 3.77. The van der Waals surface area contributed by atoms with Crippen LogP contribution in [-0.2, 0) is 4.79 Å². The third-order valence-electron chi connectivity index (χ3n) is 5.11. The molecule has 1 N–H and O–H groups in total. The molecule has 2 fully saturated rings. The van der Waals surface area contributed by atoms with E-state index >= 15 is 0 Å². The van der Waals surface area contributed by atoms with E-state index in [0.717, 1.165) is 38.1 Å². The Balaban J connectivity index is 1.57. The maximum Gasteiger partial charge on any atom is 0.325 e. The van der Waals surface area contributed by atoms with Crippen molar-refractivity contribution in [2.45, 2.75) is 44.7 Å². The van der Waals surface area contributed by atoms with Crippen molar-refractivity contribution in [3.05, 3.63) is 29.8 Å². The normalized spacial score (nSPS) is 23.2. The predicted molar refractivity (Wildman–Crippen MR) is 95.5 cm³/mol. The number of hydrogen-bond acceptors (Lipinski definition) is 4. The van der Waals surface area contributed by atoms with Crippen LogP contribution < -0.4 is 10.1 Å². The number of imide groups is 1. The number of carbonyl (C=O) groups is 2. The van der Waals surface area contributed by atoms with E-state index in [1.807, 2.05) is 12.1 Å². The van der Waals surface area contributed by atoms with Crippen molar-refractivity contribution >= 4 is 11.9 Å². The van der Waals surface area contributed by atoms with E-state index in [9.17, 15) is 9.59 Å². The molecule has 0 bridgehead atoms. The summed E-state index contributed by atoms with van der Waals surface area (Å²) in [6.45, 7) is 5.88. The minimum atomic E-state index is -0.784. The first-order chi connectivity index (χ1) is 11.9. The van der Waals surface area contributed by atoms with Crippen LogP contribution in [0.1, 0.15) is 44.7 Å². The summed E-state index contributed by atoms with van der Waals surface area (Å²) in [6, 6.07) is 8.34. The molecule has 0 saturated carbocycles. The van der Waals surface area contributed by atoms with Gasteiger partial charge in [0, 0.05) is 19.1 Å². The van der Waals surface area contributed by atoms with Gasteiger partial charge in [0.1, 0.15) is 11.3 Å². The zero-order valence-electron chi connectivity index (χ0n) is 15.2. The Morgan fingerprint density at radius 1 is 1.28 bits per heavy atom. The van der Waals surface area contributed by atoms with Crippen LogP contribution >= 0.6 is 0 Å². The molecule has 6 nitrogen and oxygen atoms in total. The summed E-state index contributed by atoms with van der Waals surface area (Å²) in [5, 5.41) is 2.73. The fourth-order valence-electron chi connectivity index (χ4n) is 3.77. The van der Waals surface area contributed by atoms with Gasteiger partial charge in [0.15, 0.2) is 0 Å². The number of amides is 3. The highest BCUT2D eigenvalue weighted by molar-refractivity contribution is 6.06. The summed E-state index contributed by atoms with van der Waals surface area (Å²) >= 11 is 0. The van der Waals surface area contributed by atoms with Crippen molar-refractivity contribution in [2.75, 3.05) is 26.7 Å². The third-order valence-corrected chi connectivity index (χ3v) is 5.11. The van der Waals surface area contributed by atoms with Crippen LogP contribution in [0.15, 0.2) is 24.3 Å². The molecule has 0 aromatic heterocycles. The number of likely N-dealkylation sites (tertiary alicyclic amines) is 1. The van der Waals surface area contributed by atoms with Crippen molar-refractivity contribution in [1.29, 1.82) is 0 Å². The number of urea groups is 1. The van der Waals surface area contributed by atoms with E-state index in [-0.39, 0.29) is 11.9 Å². The lowest BCUT2D eigenvalue weighted by Gasteiger charge is -2.26. The maximum atomic E-state index is 12.2. The van der Waals surface area contributed by atoms with Crippen LogP contribution in [0.25, 0.3) is 0 Å². The SMILES string of the molecule is COc1cccc([C@H]2CCCN2CCCN2C(=O)NC(C)(C)C2=O)c1. The summed E-state index contributed by atoms with van der Waals surface area (Å²) in [6.07, 6.45) is 3.08. The highest BCUT2D eigenvalue weighted by Gasteiger charge is 2.43. The monoisotopic (exact) mass is 345 g/mol. The molecule has 0 aliphatic carbocycles. The average Bonchev–Trinajstić information content (AvgIpc) is 3.12. The molecular weight excluding hydrogens is 318 g/mol. The van der Waals surface area contributed by atoms with E-state index in [0.29, 0.717) is 12.6 Å². The molecule has 3 amide bonds. The molecule has 1 aromatic carbocycles. The molecule has 2 saturated heterocycles. The summed E-state index contributed by atoms with van der Waals surface area (Å²) in [5.41, 5.74) is 0.487. The van der Waals surface area contributed by atoms with Crippen molar-refractivity contribution in [3.63, 3.8) is 0 Å². The highest BCUT2D eigenvalue weighted by atomic mass is 16.5. The van der Waals surface area contributed by atoms with Gasteiger partial charge in [-0.05, 0) is 57.4 Å². The number of rotatable bonds is 6. The summed E-state index contributed by atoms with van der Waals surface area (Å²) in [5.74, 6) is 0.745. The summed E-state index contributed by atoms with van der Waals surface area (Å²) < 4.78 is 5.33. The average molecular weight is 345 g/mol. The zero-order valence-corrected chi connectivity index (χ0v) is 15.2. The quantitative estimate of drug-likeness (QED) is 0.805. The lowest BCUT2D eigenvalue weighted by atomic mass is 10.0. The lowest BCUT2D eigenvalue weighted by molar-refractivity contribution is -0.130. The number of nitrogens with one attached hydrogen (secondary N) is 1. The van der Waals surface area contributed by atoms with Gasteiger partial charge in [-0.15, -0.1) is 0 Å². The van der Waals surface area contributed by atoms with Crippen molar-refractivity contribution in [2.24, 2.45) is 0 Å². The molecule has 1 aromatic rings. The van der Waals surface area contributed by atoms with Gasteiger partial charge in [-0.3, -0.25) is 14.6 Å². The van der Waals surface area contributed by atoms with E-state index in [1.165, 1.54) is 10.5 Å². The standard InChI is InChI=1S/C19H27N3O3/c1-19(2)17(23)22(18(24)20-19)12-6-11-21-10-5-9-16(21)14-7-4-8-15(13-14)25-3/h4,7-8,13,16H,5-6,9-12H2,1-3H3,(H,20,24)/t16-/m1/s1. The van der Waals surface area contributed by atoms with Crippen molar-refractivity contribution < 1.29 is 14.3 Å². The van der Waals surface area contributed by atoms with Crippen LogP contribution in [-0.4, -0.2) is 54.0 Å². The van der Waals surface area contributed by atoms with Gasteiger partial charge in [0.25, 0.3) is 5.91 Å². The summed E-state index contributed by atoms with van der Waals surface area (Å²) in [7, 11) is 1.69. The van der Waals surface area contributed by atoms with Gasteiger partial charge in [-0.2, -0.15) is 0 Å². The van der Waals surface area contributed by atoms with Gasteiger partial charge in [0.2, 0.25) is 0 Å². The van der Waals surface area contributed by atoms with E-state index in [4.69, 9.17) is 4.74 Å². The Labute approximate surface area is 149 Å². The Morgan fingerprint density at radius 3 is 2.76 bits per heavy atom. The number of benzene rings is 1. The molecule has 2 aliphatic rings. The second-order valence-corrected chi connectivity index (χ2v) is 7.34. The van der Waals surface area contributed by atoms with Gasteiger partial charge in [0.05, 0.1) is 7.11 Å². The van der Waals surface area contributed by atoms with Gasteiger partial charge < -0.3 is 10.1 Å². The zero-order chi connectivity index (χ0) is 18.0. The Morgan fingerprint density at radius 2 is 2.08 bits per heavy atom. The molecular formula is C19H27N3O3.